The zero-order valence-electron chi connectivity index (χ0n) is 9.56. The lowest BCUT2D eigenvalue weighted by Gasteiger charge is -2.20. The Morgan fingerprint density at radius 2 is 2.29 bits per heavy atom. The molecule has 0 spiro atoms. The van der Waals surface area contributed by atoms with Gasteiger partial charge in [0, 0.05) is 0 Å². The average Bonchev–Trinajstić information content (AvgIpc) is 2.84. The third kappa shape index (κ3) is 2.90. The Morgan fingerprint density at radius 1 is 1.53 bits per heavy atom. The molecular formula is C12H14ClNO3. The lowest BCUT2D eigenvalue weighted by molar-refractivity contribution is -0.175. The summed E-state index contributed by atoms with van der Waals surface area (Å²) in [6.45, 7) is 2.90. The second-order valence-corrected chi connectivity index (χ2v) is 4.22. The SMILES string of the molecule is CC(Oc1ccccc1Cl)C(=O)N1CCCO1. The van der Waals surface area contributed by atoms with Crippen LogP contribution in [0, 0.1) is 0 Å². The van der Waals surface area contributed by atoms with Crippen LogP contribution in [0.1, 0.15) is 13.3 Å². The molecule has 1 fully saturated rings. The van der Waals surface area contributed by atoms with E-state index in [9.17, 15) is 4.79 Å². The van der Waals surface area contributed by atoms with Crippen LogP contribution in [-0.4, -0.2) is 30.2 Å². The number of carbonyl (C=O) groups excluding carboxylic acids is 1. The monoisotopic (exact) mass is 255 g/mol. The third-order valence-electron chi connectivity index (χ3n) is 2.49. The summed E-state index contributed by atoms with van der Waals surface area (Å²) in [6, 6.07) is 7.08. The first-order valence-corrected chi connectivity index (χ1v) is 5.92. The molecule has 4 nitrogen and oxygen atoms in total. The number of para-hydroxylation sites is 1. The number of hydrogen-bond donors (Lipinski definition) is 0. The summed E-state index contributed by atoms with van der Waals surface area (Å²) in [5.41, 5.74) is 0. The van der Waals surface area contributed by atoms with Crippen LogP contribution in [0.3, 0.4) is 0 Å². The first-order chi connectivity index (χ1) is 8.18. The van der Waals surface area contributed by atoms with Crippen molar-refractivity contribution >= 4 is 17.5 Å². The van der Waals surface area contributed by atoms with Gasteiger partial charge in [-0.2, -0.15) is 0 Å². The topological polar surface area (TPSA) is 38.8 Å². The van der Waals surface area contributed by atoms with Crippen LogP contribution in [0.15, 0.2) is 24.3 Å². The molecule has 1 aromatic carbocycles. The summed E-state index contributed by atoms with van der Waals surface area (Å²) in [6.07, 6.45) is 0.262. The zero-order chi connectivity index (χ0) is 12.3. The standard InChI is InChI=1S/C12H14ClNO3/c1-9(12(15)14-7-4-8-16-14)17-11-6-3-2-5-10(11)13/h2-3,5-6,9H,4,7-8H2,1H3. The van der Waals surface area contributed by atoms with E-state index in [1.807, 2.05) is 12.1 Å². The van der Waals surface area contributed by atoms with Gasteiger partial charge < -0.3 is 4.74 Å². The van der Waals surface area contributed by atoms with E-state index in [1.54, 1.807) is 19.1 Å². The van der Waals surface area contributed by atoms with Gasteiger partial charge >= 0.3 is 0 Å². The fourth-order valence-corrected chi connectivity index (χ4v) is 1.79. The van der Waals surface area contributed by atoms with Gasteiger partial charge in [-0.1, -0.05) is 23.7 Å². The number of rotatable bonds is 3. The van der Waals surface area contributed by atoms with E-state index >= 15 is 0 Å². The van der Waals surface area contributed by atoms with Crippen LogP contribution in [0.25, 0.3) is 0 Å². The van der Waals surface area contributed by atoms with Crippen molar-refractivity contribution in [1.82, 2.24) is 5.06 Å². The summed E-state index contributed by atoms with van der Waals surface area (Å²) in [4.78, 5) is 17.1. The minimum absolute atomic E-state index is 0.178. The molecule has 0 bridgehead atoms. The highest BCUT2D eigenvalue weighted by molar-refractivity contribution is 6.32. The summed E-state index contributed by atoms with van der Waals surface area (Å²) >= 11 is 5.95. The van der Waals surface area contributed by atoms with Crippen LogP contribution >= 0.6 is 11.6 Å². The van der Waals surface area contributed by atoms with E-state index in [4.69, 9.17) is 21.2 Å². The van der Waals surface area contributed by atoms with E-state index in [1.165, 1.54) is 5.06 Å². The second-order valence-electron chi connectivity index (χ2n) is 3.82. The molecular weight excluding hydrogens is 242 g/mol. The predicted octanol–water partition coefficient (Wildman–Crippen LogP) is 2.27. The van der Waals surface area contributed by atoms with E-state index in [2.05, 4.69) is 0 Å². The normalized spacial score (nSPS) is 16.9. The largest absolute Gasteiger partial charge is 0.479 e. The first-order valence-electron chi connectivity index (χ1n) is 5.54. The van der Waals surface area contributed by atoms with Gasteiger partial charge in [0.1, 0.15) is 5.75 Å². The number of nitrogens with zero attached hydrogens (tertiary/aromatic N) is 1. The Kier molecular flexibility index (Phi) is 3.86. The van der Waals surface area contributed by atoms with Gasteiger partial charge in [-0.25, -0.2) is 5.06 Å². The minimum Gasteiger partial charge on any atom is -0.479 e. The molecule has 0 aliphatic carbocycles. The smallest absolute Gasteiger partial charge is 0.286 e. The molecule has 1 unspecified atom stereocenters. The van der Waals surface area contributed by atoms with Crippen LogP contribution in [0.4, 0.5) is 0 Å². The van der Waals surface area contributed by atoms with Crippen LogP contribution < -0.4 is 4.74 Å². The van der Waals surface area contributed by atoms with Crippen molar-refractivity contribution in [3.8, 4) is 5.75 Å². The van der Waals surface area contributed by atoms with Gasteiger partial charge in [0.2, 0.25) is 0 Å². The molecule has 1 heterocycles. The summed E-state index contributed by atoms with van der Waals surface area (Å²) in [7, 11) is 0. The first kappa shape index (κ1) is 12.2. The van der Waals surface area contributed by atoms with Crippen LogP contribution in [-0.2, 0) is 9.63 Å². The molecule has 92 valence electrons. The van der Waals surface area contributed by atoms with Gasteiger partial charge in [-0.05, 0) is 25.5 Å². The van der Waals surface area contributed by atoms with Crippen molar-refractivity contribution in [1.29, 1.82) is 0 Å². The van der Waals surface area contributed by atoms with Gasteiger partial charge in [0.15, 0.2) is 6.10 Å². The Labute approximate surface area is 105 Å². The fourth-order valence-electron chi connectivity index (χ4n) is 1.61. The van der Waals surface area contributed by atoms with Crippen molar-refractivity contribution < 1.29 is 14.4 Å². The molecule has 0 N–H and O–H groups in total. The molecule has 1 saturated heterocycles. The van der Waals surface area contributed by atoms with Crippen molar-refractivity contribution in [2.75, 3.05) is 13.2 Å². The minimum atomic E-state index is -0.604. The van der Waals surface area contributed by atoms with E-state index in [-0.39, 0.29) is 5.91 Å². The van der Waals surface area contributed by atoms with Crippen LogP contribution in [0.5, 0.6) is 5.75 Å². The highest BCUT2D eigenvalue weighted by Gasteiger charge is 2.26. The Morgan fingerprint density at radius 3 is 2.94 bits per heavy atom. The maximum Gasteiger partial charge on any atom is 0.286 e. The fraction of sp³-hybridized carbons (Fsp3) is 0.417. The number of ether oxygens (including phenoxy) is 1. The lowest BCUT2D eigenvalue weighted by atomic mass is 10.3. The number of halogens is 1. The summed E-state index contributed by atoms with van der Waals surface area (Å²) in [5, 5.41) is 1.84. The molecule has 1 atom stereocenters. The third-order valence-corrected chi connectivity index (χ3v) is 2.80. The van der Waals surface area contributed by atoms with Crippen molar-refractivity contribution in [2.24, 2.45) is 0 Å². The molecule has 2 rings (SSSR count). The molecule has 17 heavy (non-hydrogen) atoms. The van der Waals surface area contributed by atoms with Crippen molar-refractivity contribution in [2.45, 2.75) is 19.4 Å². The molecule has 1 aliphatic heterocycles. The Bertz CT molecular complexity index is 404. The Balaban J connectivity index is 1.99. The Hall–Kier alpha value is -1.26. The second kappa shape index (κ2) is 5.38. The van der Waals surface area contributed by atoms with Crippen molar-refractivity contribution in [3.63, 3.8) is 0 Å². The van der Waals surface area contributed by atoms with Crippen molar-refractivity contribution in [3.05, 3.63) is 29.3 Å². The molecule has 1 amide bonds. The maximum atomic E-state index is 11.9. The van der Waals surface area contributed by atoms with Gasteiger partial charge in [0.05, 0.1) is 18.2 Å². The number of benzene rings is 1. The molecule has 0 radical (unpaired) electrons. The maximum absolute atomic E-state index is 11.9. The molecule has 0 saturated carbocycles. The van der Waals surface area contributed by atoms with Crippen LogP contribution in [0.2, 0.25) is 5.02 Å². The van der Waals surface area contributed by atoms with E-state index < -0.39 is 6.10 Å². The number of amides is 1. The van der Waals surface area contributed by atoms with Gasteiger partial charge in [-0.15, -0.1) is 0 Å². The quantitative estimate of drug-likeness (QED) is 0.832. The number of carbonyl (C=O) groups is 1. The van der Waals surface area contributed by atoms with E-state index in [0.717, 1.165) is 6.42 Å². The average molecular weight is 256 g/mol. The zero-order valence-corrected chi connectivity index (χ0v) is 10.3. The highest BCUT2D eigenvalue weighted by atomic mass is 35.5. The molecule has 1 aromatic rings. The lowest BCUT2D eigenvalue weighted by Crippen LogP contribution is -2.37. The molecule has 0 aromatic heterocycles. The summed E-state index contributed by atoms with van der Waals surface area (Å²) in [5.74, 6) is 0.330. The highest BCUT2D eigenvalue weighted by Crippen LogP contribution is 2.24. The number of hydroxylamine groups is 2. The molecule has 5 heteroatoms. The van der Waals surface area contributed by atoms with Gasteiger partial charge in [0.25, 0.3) is 5.91 Å². The predicted molar refractivity (Wildman–Crippen MR) is 63.8 cm³/mol. The summed E-state index contributed by atoms with van der Waals surface area (Å²) < 4.78 is 5.52. The van der Waals surface area contributed by atoms with E-state index in [0.29, 0.717) is 23.9 Å². The van der Waals surface area contributed by atoms with Gasteiger partial charge in [-0.3, -0.25) is 9.63 Å². The molecule has 1 aliphatic rings. The number of hydrogen-bond acceptors (Lipinski definition) is 3.